The minimum Gasteiger partial charge on any atom is -0.207 e. The summed E-state index contributed by atoms with van der Waals surface area (Å²) in [6.45, 7) is 6.72. The summed E-state index contributed by atoms with van der Waals surface area (Å²) in [5, 5.41) is 0. The maximum atomic E-state index is 12.7. The number of benzene rings is 1. The first-order valence-electron chi connectivity index (χ1n) is 7.09. The number of rotatable bonds is 4. The van der Waals surface area contributed by atoms with Crippen LogP contribution in [0.4, 0.5) is 0 Å². The highest BCUT2D eigenvalue weighted by atomic mass is 35.5. The third-order valence-electron chi connectivity index (χ3n) is 4.04. The Morgan fingerprint density at radius 3 is 2.50 bits per heavy atom. The molecule has 0 spiro atoms. The van der Waals surface area contributed by atoms with Crippen LogP contribution in [0, 0.1) is 5.92 Å². The molecule has 0 radical (unpaired) electrons. The Morgan fingerprint density at radius 2 is 2.00 bits per heavy atom. The Hall–Kier alpha value is -0.580. The van der Waals surface area contributed by atoms with Crippen molar-refractivity contribution in [2.24, 2.45) is 5.92 Å². The van der Waals surface area contributed by atoms with E-state index in [0.29, 0.717) is 23.2 Å². The van der Waals surface area contributed by atoms with Gasteiger partial charge in [0.05, 0.1) is 4.90 Å². The molecule has 5 heteroatoms. The summed E-state index contributed by atoms with van der Waals surface area (Å²) in [5.41, 5.74) is 2.02. The molecule has 0 aliphatic carbocycles. The predicted molar refractivity (Wildman–Crippen MR) is 82.5 cm³/mol. The van der Waals surface area contributed by atoms with Gasteiger partial charge in [-0.05, 0) is 48.9 Å². The van der Waals surface area contributed by atoms with Gasteiger partial charge in [-0.3, -0.25) is 0 Å². The van der Waals surface area contributed by atoms with E-state index in [1.54, 1.807) is 16.4 Å². The van der Waals surface area contributed by atoms with Crippen LogP contribution in [0.2, 0.25) is 0 Å². The lowest BCUT2D eigenvalue weighted by molar-refractivity contribution is 0.405. The first-order chi connectivity index (χ1) is 9.40. The Morgan fingerprint density at radius 1 is 1.30 bits per heavy atom. The highest BCUT2D eigenvalue weighted by Crippen LogP contribution is 2.30. The molecule has 1 heterocycles. The molecule has 0 bridgehead atoms. The van der Waals surface area contributed by atoms with Crippen LogP contribution in [0.3, 0.4) is 0 Å². The summed E-state index contributed by atoms with van der Waals surface area (Å²) < 4.78 is 27.1. The lowest BCUT2D eigenvalue weighted by atomic mass is 10.1. The van der Waals surface area contributed by atoms with Gasteiger partial charge in [0.15, 0.2) is 0 Å². The van der Waals surface area contributed by atoms with E-state index in [2.05, 4.69) is 6.92 Å². The molecule has 1 fully saturated rings. The standard InChI is InChI=1S/C15H22ClNO2S/c1-4-13-5-6-15(8-14(13)9-16)20(18,19)17-10-11(2)7-12(17)3/h5-6,8,11-12H,4,7,9-10H2,1-3H3. The average molecular weight is 316 g/mol. The Kier molecular flexibility index (Phi) is 4.77. The average Bonchev–Trinajstić information content (AvgIpc) is 2.77. The molecule has 1 aromatic rings. The zero-order valence-corrected chi connectivity index (χ0v) is 13.8. The van der Waals surface area contributed by atoms with Gasteiger partial charge in [-0.2, -0.15) is 4.31 Å². The van der Waals surface area contributed by atoms with Crippen molar-refractivity contribution in [1.82, 2.24) is 4.31 Å². The van der Waals surface area contributed by atoms with Crippen molar-refractivity contribution < 1.29 is 8.42 Å². The summed E-state index contributed by atoms with van der Waals surface area (Å²) in [6.07, 6.45) is 1.79. The number of sulfonamides is 1. The van der Waals surface area contributed by atoms with Crippen LogP contribution in [0.25, 0.3) is 0 Å². The molecule has 112 valence electrons. The summed E-state index contributed by atoms with van der Waals surface area (Å²) >= 11 is 5.94. The van der Waals surface area contributed by atoms with Crippen LogP contribution in [0.1, 0.15) is 38.3 Å². The van der Waals surface area contributed by atoms with Crippen LogP contribution in [0.5, 0.6) is 0 Å². The molecule has 2 unspecified atom stereocenters. The molecule has 0 aromatic heterocycles. The molecule has 1 aliphatic rings. The number of aryl methyl sites for hydroxylation is 1. The number of alkyl halides is 1. The first-order valence-corrected chi connectivity index (χ1v) is 9.07. The SMILES string of the molecule is CCc1ccc(S(=O)(=O)N2CC(C)CC2C)cc1CCl. The van der Waals surface area contributed by atoms with Crippen molar-refractivity contribution in [3.8, 4) is 0 Å². The maximum Gasteiger partial charge on any atom is 0.243 e. The minimum atomic E-state index is -3.40. The van der Waals surface area contributed by atoms with Crippen LogP contribution >= 0.6 is 11.6 Å². The second-order valence-electron chi connectivity index (χ2n) is 5.68. The van der Waals surface area contributed by atoms with Gasteiger partial charge in [-0.25, -0.2) is 8.42 Å². The molecule has 0 saturated carbocycles. The van der Waals surface area contributed by atoms with Crippen molar-refractivity contribution in [2.45, 2.75) is 50.4 Å². The van der Waals surface area contributed by atoms with Crippen molar-refractivity contribution in [3.63, 3.8) is 0 Å². The van der Waals surface area contributed by atoms with E-state index < -0.39 is 10.0 Å². The highest BCUT2D eigenvalue weighted by Gasteiger charge is 2.36. The van der Waals surface area contributed by atoms with Gasteiger partial charge < -0.3 is 0 Å². The second-order valence-corrected chi connectivity index (χ2v) is 7.84. The number of nitrogens with zero attached hydrogens (tertiary/aromatic N) is 1. The summed E-state index contributed by atoms with van der Waals surface area (Å²) in [5.74, 6) is 0.764. The minimum absolute atomic E-state index is 0.0697. The zero-order valence-electron chi connectivity index (χ0n) is 12.3. The van der Waals surface area contributed by atoms with E-state index in [-0.39, 0.29) is 6.04 Å². The lowest BCUT2D eigenvalue weighted by Gasteiger charge is -2.21. The molecule has 20 heavy (non-hydrogen) atoms. The number of halogens is 1. The van der Waals surface area contributed by atoms with E-state index in [9.17, 15) is 8.42 Å². The smallest absolute Gasteiger partial charge is 0.207 e. The molecule has 0 amide bonds. The summed E-state index contributed by atoms with van der Waals surface area (Å²) in [6, 6.07) is 5.39. The van der Waals surface area contributed by atoms with Crippen molar-refractivity contribution >= 4 is 21.6 Å². The molecule has 1 aromatic carbocycles. The predicted octanol–water partition coefficient (Wildman–Crippen LogP) is 3.41. The molecular weight excluding hydrogens is 294 g/mol. The third kappa shape index (κ3) is 2.87. The van der Waals surface area contributed by atoms with E-state index in [4.69, 9.17) is 11.6 Å². The van der Waals surface area contributed by atoms with Crippen LogP contribution < -0.4 is 0 Å². The topological polar surface area (TPSA) is 37.4 Å². The van der Waals surface area contributed by atoms with E-state index >= 15 is 0 Å². The van der Waals surface area contributed by atoms with E-state index in [0.717, 1.165) is 24.0 Å². The normalized spacial score (nSPS) is 24.2. The second kappa shape index (κ2) is 6.04. The molecule has 2 rings (SSSR count). The van der Waals surface area contributed by atoms with Crippen LogP contribution in [0.15, 0.2) is 23.1 Å². The van der Waals surface area contributed by atoms with Gasteiger partial charge in [0.2, 0.25) is 10.0 Å². The van der Waals surface area contributed by atoms with Gasteiger partial charge in [-0.15, -0.1) is 11.6 Å². The maximum absolute atomic E-state index is 12.7. The highest BCUT2D eigenvalue weighted by molar-refractivity contribution is 7.89. The molecular formula is C15H22ClNO2S. The number of hydrogen-bond donors (Lipinski definition) is 0. The number of hydrogen-bond acceptors (Lipinski definition) is 2. The van der Waals surface area contributed by atoms with Gasteiger partial charge in [0.25, 0.3) is 0 Å². The molecule has 3 nitrogen and oxygen atoms in total. The Labute approximate surface area is 127 Å². The van der Waals surface area contributed by atoms with E-state index in [1.807, 2.05) is 19.9 Å². The first kappa shape index (κ1) is 15.8. The van der Waals surface area contributed by atoms with Crippen molar-refractivity contribution in [2.75, 3.05) is 6.54 Å². The lowest BCUT2D eigenvalue weighted by Crippen LogP contribution is -2.34. The molecule has 1 saturated heterocycles. The molecule has 2 atom stereocenters. The quantitative estimate of drug-likeness (QED) is 0.799. The fourth-order valence-electron chi connectivity index (χ4n) is 2.96. The van der Waals surface area contributed by atoms with Gasteiger partial charge in [0, 0.05) is 18.5 Å². The molecule has 0 N–H and O–H groups in total. The largest absolute Gasteiger partial charge is 0.243 e. The van der Waals surface area contributed by atoms with Crippen molar-refractivity contribution in [1.29, 1.82) is 0 Å². The fraction of sp³-hybridized carbons (Fsp3) is 0.600. The van der Waals surface area contributed by atoms with Gasteiger partial charge in [-0.1, -0.05) is 19.9 Å². The van der Waals surface area contributed by atoms with Crippen LogP contribution in [-0.4, -0.2) is 25.3 Å². The Bertz CT molecular complexity index is 586. The van der Waals surface area contributed by atoms with Crippen molar-refractivity contribution in [3.05, 3.63) is 29.3 Å². The van der Waals surface area contributed by atoms with Gasteiger partial charge >= 0.3 is 0 Å². The van der Waals surface area contributed by atoms with E-state index in [1.165, 1.54) is 0 Å². The third-order valence-corrected chi connectivity index (χ3v) is 6.30. The van der Waals surface area contributed by atoms with Gasteiger partial charge in [0.1, 0.15) is 0 Å². The Balaban J connectivity index is 2.39. The summed E-state index contributed by atoms with van der Waals surface area (Å²) in [4.78, 5) is 0.367. The molecule has 1 aliphatic heterocycles. The zero-order chi connectivity index (χ0) is 14.9. The monoisotopic (exact) mass is 315 g/mol. The van der Waals surface area contributed by atoms with Crippen LogP contribution in [-0.2, 0) is 22.3 Å². The summed E-state index contributed by atoms with van der Waals surface area (Å²) in [7, 11) is -3.40. The fourth-order valence-corrected chi connectivity index (χ4v) is 5.03.